The molecule has 0 radical (unpaired) electrons. The third-order valence-electron chi connectivity index (χ3n) is 4.92. The molecule has 1 aliphatic rings. The molecular weight excluding hydrogens is 314 g/mol. The summed E-state index contributed by atoms with van der Waals surface area (Å²) in [4.78, 5) is 21.8. The predicted octanol–water partition coefficient (Wildman–Crippen LogP) is 2.69. The van der Waals surface area contributed by atoms with Crippen molar-refractivity contribution in [1.29, 1.82) is 0 Å². The first-order valence-corrected chi connectivity index (χ1v) is 8.94. The van der Waals surface area contributed by atoms with Crippen LogP contribution in [0.4, 0.5) is 5.69 Å². The fraction of sp³-hybridized carbons (Fsp3) is 0.474. The van der Waals surface area contributed by atoms with Gasteiger partial charge in [0.1, 0.15) is 5.82 Å². The third kappa shape index (κ3) is 4.02. The lowest BCUT2D eigenvalue weighted by Gasteiger charge is -2.19. The Morgan fingerprint density at radius 2 is 2.16 bits per heavy atom. The van der Waals surface area contributed by atoms with E-state index in [-0.39, 0.29) is 11.9 Å². The average molecular weight is 341 g/mol. The van der Waals surface area contributed by atoms with E-state index >= 15 is 0 Å². The van der Waals surface area contributed by atoms with Gasteiger partial charge >= 0.3 is 0 Å². The first kappa shape index (κ1) is 17.5. The van der Waals surface area contributed by atoms with Crippen LogP contribution in [-0.2, 0) is 11.2 Å². The minimum Gasteiger partial charge on any atom is -0.388 e. The van der Waals surface area contributed by atoms with Crippen LogP contribution in [0.5, 0.6) is 0 Å². The number of nitrogens with two attached hydrogens (primary N) is 1. The monoisotopic (exact) mass is 341 g/mol. The molecule has 2 bridgehead atoms. The van der Waals surface area contributed by atoms with E-state index in [1.54, 1.807) is 0 Å². The smallest absolute Gasteiger partial charge is 0.222 e. The van der Waals surface area contributed by atoms with Crippen molar-refractivity contribution >= 4 is 11.6 Å². The van der Waals surface area contributed by atoms with Crippen LogP contribution in [0.2, 0.25) is 0 Å². The molecule has 0 saturated carbocycles. The standard InChI is InChI=1S/C19H27N5O/c1-21-14-6-7-15-13(11-14)5-3-4-10-24(2)18(25)9-8-16(20)19-22-12-17(15)23-19/h6-7,11-12,16,21H,3-5,8-10,20H2,1-2H3,(H,22,23)/t16-/m0/s1. The summed E-state index contributed by atoms with van der Waals surface area (Å²) in [6.07, 6.45) is 5.90. The lowest BCUT2D eigenvalue weighted by Crippen LogP contribution is -2.28. The Labute approximate surface area is 148 Å². The van der Waals surface area contributed by atoms with Crippen molar-refractivity contribution in [2.45, 2.75) is 38.1 Å². The highest BCUT2D eigenvalue weighted by atomic mass is 16.2. The fourth-order valence-corrected chi connectivity index (χ4v) is 3.28. The highest BCUT2D eigenvalue weighted by Gasteiger charge is 2.17. The van der Waals surface area contributed by atoms with Crippen LogP contribution in [0.15, 0.2) is 24.4 Å². The number of aryl methyl sites for hydroxylation is 1. The number of carbonyl (C=O) groups excluding carboxylic acids is 1. The van der Waals surface area contributed by atoms with E-state index in [0.29, 0.717) is 12.8 Å². The Morgan fingerprint density at radius 3 is 2.96 bits per heavy atom. The van der Waals surface area contributed by atoms with Gasteiger partial charge in [0.2, 0.25) is 5.91 Å². The number of benzene rings is 1. The fourth-order valence-electron chi connectivity index (χ4n) is 3.28. The molecule has 6 nitrogen and oxygen atoms in total. The number of fused-ring (bicyclic) bond motifs is 4. The number of anilines is 1. The molecule has 3 rings (SSSR count). The van der Waals surface area contributed by atoms with Crippen LogP contribution >= 0.6 is 0 Å². The van der Waals surface area contributed by atoms with Gasteiger partial charge in [0.15, 0.2) is 0 Å². The molecule has 2 aromatic rings. The Bertz CT molecular complexity index is 739. The van der Waals surface area contributed by atoms with Gasteiger partial charge in [0.25, 0.3) is 0 Å². The minimum atomic E-state index is -0.255. The van der Waals surface area contributed by atoms with Crippen molar-refractivity contribution in [2.24, 2.45) is 5.73 Å². The van der Waals surface area contributed by atoms with Gasteiger partial charge < -0.3 is 20.9 Å². The van der Waals surface area contributed by atoms with Crippen LogP contribution < -0.4 is 11.1 Å². The highest BCUT2D eigenvalue weighted by Crippen LogP contribution is 2.28. The molecule has 134 valence electrons. The number of nitrogens with zero attached hydrogens (tertiary/aromatic N) is 2. The lowest BCUT2D eigenvalue weighted by atomic mass is 9.99. The molecule has 1 aliphatic heterocycles. The Hall–Kier alpha value is -2.34. The van der Waals surface area contributed by atoms with E-state index in [1.165, 1.54) is 11.1 Å². The second-order valence-electron chi connectivity index (χ2n) is 6.72. The van der Waals surface area contributed by atoms with Gasteiger partial charge in [-0.3, -0.25) is 4.79 Å². The zero-order valence-electron chi connectivity index (χ0n) is 15.0. The van der Waals surface area contributed by atoms with Gasteiger partial charge in [-0.05, 0) is 43.4 Å². The van der Waals surface area contributed by atoms with Crippen LogP contribution in [-0.4, -0.2) is 41.4 Å². The molecule has 1 aromatic heterocycles. The largest absolute Gasteiger partial charge is 0.388 e. The number of hydrogen-bond acceptors (Lipinski definition) is 4. The average Bonchev–Trinajstić information content (AvgIpc) is 3.11. The van der Waals surface area contributed by atoms with E-state index in [4.69, 9.17) is 5.73 Å². The Morgan fingerprint density at radius 1 is 1.32 bits per heavy atom. The summed E-state index contributed by atoms with van der Waals surface area (Å²) in [5.74, 6) is 0.892. The third-order valence-corrected chi connectivity index (χ3v) is 4.92. The molecular formula is C19H27N5O. The van der Waals surface area contributed by atoms with E-state index in [2.05, 4.69) is 33.5 Å². The quantitative estimate of drug-likeness (QED) is 0.744. The molecule has 1 aromatic carbocycles. The normalized spacial score (nSPS) is 19.2. The number of amides is 1. The lowest BCUT2D eigenvalue weighted by molar-refractivity contribution is -0.130. The molecule has 0 aliphatic carbocycles. The molecule has 6 heteroatoms. The Kier molecular flexibility index (Phi) is 5.38. The summed E-state index contributed by atoms with van der Waals surface area (Å²) in [6, 6.07) is 6.14. The van der Waals surface area contributed by atoms with E-state index in [9.17, 15) is 4.79 Å². The van der Waals surface area contributed by atoms with Crippen LogP contribution in [0.1, 0.15) is 43.1 Å². The number of carbonyl (C=O) groups is 1. The summed E-state index contributed by atoms with van der Waals surface area (Å²) < 4.78 is 0. The second-order valence-corrected chi connectivity index (χ2v) is 6.72. The maximum atomic E-state index is 12.2. The molecule has 0 saturated heterocycles. The molecule has 0 unspecified atom stereocenters. The number of aromatic nitrogens is 2. The molecule has 2 heterocycles. The number of hydrogen-bond donors (Lipinski definition) is 3. The van der Waals surface area contributed by atoms with Crippen LogP contribution in [0.3, 0.4) is 0 Å². The molecule has 0 fully saturated rings. The zero-order chi connectivity index (χ0) is 17.8. The maximum absolute atomic E-state index is 12.2. The summed E-state index contributed by atoms with van der Waals surface area (Å²) in [6.45, 7) is 0.789. The molecule has 1 atom stereocenters. The van der Waals surface area contributed by atoms with Crippen molar-refractivity contribution in [3.8, 4) is 11.3 Å². The van der Waals surface area contributed by atoms with Crippen molar-refractivity contribution < 1.29 is 4.79 Å². The van der Waals surface area contributed by atoms with Crippen LogP contribution in [0.25, 0.3) is 11.3 Å². The summed E-state index contributed by atoms with van der Waals surface area (Å²) in [5, 5.41) is 3.20. The van der Waals surface area contributed by atoms with Gasteiger partial charge in [-0.25, -0.2) is 4.98 Å². The molecule has 1 amide bonds. The topological polar surface area (TPSA) is 87.0 Å². The Balaban J connectivity index is 1.94. The van der Waals surface area contributed by atoms with Crippen molar-refractivity contribution in [3.63, 3.8) is 0 Å². The number of H-pyrrole nitrogens is 1. The number of rotatable bonds is 1. The van der Waals surface area contributed by atoms with Crippen molar-refractivity contribution in [3.05, 3.63) is 35.8 Å². The highest BCUT2D eigenvalue weighted by molar-refractivity contribution is 5.75. The van der Waals surface area contributed by atoms with E-state index < -0.39 is 0 Å². The van der Waals surface area contributed by atoms with Gasteiger partial charge in [0, 0.05) is 38.3 Å². The summed E-state index contributed by atoms with van der Waals surface area (Å²) >= 11 is 0. The van der Waals surface area contributed by atoms with Gasteiger partial charge in [-0.15, -0.1) is 0 Å². The predicted molar refractivity (Wildman–Crippen MR) is 100 cm³/mol. The SMILES string of the molecule is CNc1ccc2c(c1)CCCCN(C)C(=O)CC[C@H](N)c1ncc-2[nH]1. The second kappa shape index (κ2) is 7.70. The van der Waals surface area contributed by atoms with E-state index in [0.717, 1.165) is 43.0 Å². The van der Waals surface area contributed by atoms with E-state index in [1.807, 2.05) is 25.2 Å². The van der Waals surface area contributed by atoms with Gasteiger partial charge in [-0.2, -0.15) is 0 Å². The number of nitrogens with one attached hydrogen (secondary N) is 2. The zero-order valence-corrected chi connectivity index (χ0v) is 15.0. The summed E-state index contributed by atoms with van der Waals surface area (Å²) in [7, 11) is 3.80. The molecule has 4 N–H and O–H groups in total. The number of aromatic amines is 1. The summed E-state index contributed by atoms with van der Waals surface area (Å²) in [5.41, 5.74) is 10.8. The maximum Gasteiger partial charge on any atom is 0.222 e. The van der Waals surface area contributed by atoms with Gasteiger partial charge in [-0.1, -0.05) is 6.07 Å². The number of imidazole rings is 1. The van der Waals surface area contributed by atoms with Crippen molar-refractivity contribution in [1.82, 2.24) is 14.9 Å². The minimum absolute atomic E-state index is 0.150. The first-order valence-electron chi connectivity index (χ1n) is 8.94. The molecule has 0 spiro atoms. The van der Waals surface area contributed by atoms with Gasteiger partial charge in [0.05, 0.1) is 17.9 Å². The first-order chi connectivity index (χ1) is 12.1. The molecule has 25 heavy (non-hydrogen) atoms. The van der Waals surface area contributed by atoms with Crippen molar-refractivity contribution in [2.75, 3.05) is 26.0 Å². The van der Waals surface area contributed by atoms with Crippen LogP contribution in [0, 0.1) is 0 Å².